The largest absolute Gasteiger partial charge is 0.383 e. The van der Waals surface area contributed by atoms with Crippen molar-refractivity contribution in [3.05, 3.63) is 28.2 Å². The van der Waals surface area contributed by atoms with Crippen LogP contribution in [0, 0.1) is 5.41 Å². The molecule has 0 radical (unpaired) electrons. The minimum absolute atomic E-state index is 0.107. The molecule has 3 aromatic heterocycles. The fraction of sp³-hybridized carbons (Fsp3) is 0.312. The first-order valence-corrected chi connectivity index (χ1v) is 10.5. The molecular formula is C16H19N5S3. The fourth-order valence-electron chi connectivity index (χ4n) is 2.54. The molecule has 24 heavy (non-hydrogen) atoms. The highest BCUT2D eigenvalue weighted by Crippen LogP contribution is 2.40. The van der Waals surface area contributed by atoms with Crippen LogP contribution in [0.3, 0.4) is 0 Å². The van der Waals surface area contributed by atoms with E-state index in [1.165, 1.54) is 5.69 Å². The summed E-state index contributed by atoms with van der Waals surface area (Å²) in [4.78, 5) is 5.63. The van der Waals surface area contributed by atoms with E-state index in [1.807, 2.05) is 30.2 Å². The van der Waals surface area contributed by atoms with Crippen LogP contribution >= 0.6 is 34.4 Å². The van der Waals surface area contributed by atoms with Gasteiger partial charge in [-0.3, -0.25) is 10.1 Å². The second-order valence-electron chi connectivity index (χ2n) is 5.35. The van der Waals surface area contributed by atoms with Crippen molar-refractivity contribution in [3.8, 4) is 21.8 Å². The molecule has 3 heterocycles. The first-order valence-electron chi connectivity index (χ1n) is 7.54. The number of nitrogens with two attached hydrogens (primary N) is 1. The summed E-state index contributed by atoms with van der Waals surface area (Å²) < 4.78 is 3.07. The number of thiophene rings is 1. The van der Waals surface area contributed by atoms with Gasteiger partial charge in [-0.05, 0) is 18.7 Å². The Bertz CT molecular complexity index is 874. The highest BCUT2D eigenvalue weighted by atomic mass is 32.2. The molecule has 0 aliphatic heterocycles. The summed E-state index contributed by atoms with van der Waals surface area (Å²) in [5.74, 6) is 0.107. The van der Waals surface area contributed by atoms with E-state index in [-0.39, 0.29) is 5.84 Å². The Labute approximate surface area is 153 Å². The molecule has 0 aromatic carbocycles. The average Bonchev–Trinajstić information content (AvgIpc) is 3.26. The minimum atomic E-state index is 0.107. The van der Waals surface area contributed by atoms with Gasteiger partial charge in [-0.25, -0.2) is 4.98 Å². The molecule has 0 saturated carbocycles. The summed E-state index contributed by atoms with van der Waals surface area (Å²) in [6.45, 7) is 2.17. The van der Waals surface area contributed by atoms with Gasteiger partial charge in [0.25, 0.3) is 0 Å². The Morgan fingerprint density at radius 2 is 2.21 bits per heavy atom. The normalized spacial score (nSPS) is 11.1. The third kappa shape index (κ3) is 3.13. The van der Waals surface area contributed by atoms with Crippen LogP contribution in [0.25, 0.3) is 21.8 Å². The zero-order valence-corrected chi connectivity index (χ0v) is 16.2. The van der Waals surface area contributed by atoms with Crippen LogP contribution in [-0.4, -0.2) is 26.9 Å². The van der Waals surface area contributed by atoms with E-state index in [0.717, 1.165) is 43.8 Å². The molecule has 0 spiro atoms. The zero-order chi connectivity index (χ0) is 17.3. The molecule has 0 aliphatic carbocycles. The first-order chi connectivity index (χ1) is 11.5. The number of aryl methyl sites for hydroxylation is 1. The molecule has 0 bridgehead atoms. The van der Waals surface area contributed by atoms with Gasteiger partial charge in [0.15, 0.2) is 0 Å². The maximum absolute atomic E-state index is 7.65. The van der Waals surface area contributed by atoms with Gasteiger partial charge >= 0.3 is 0 Å². The predicted molar refractivity (Wildman–Crippen MR) is 104 cm³/mol. The van der Waals surface area contributed by atoms with Gasteiger partial charge in [0, 0.05) is 29.2 Å². The molecule has 3 rings (SSSR count). The molecular weight excluding hydrogens is 358 g/mol. The van der Waals surface area contributed by atoms with Crippen LogP contribution in [0.15, 0.2) is 21.9 Å². The van der Waals surface area contributed by atoms with Crippen LogP contribution in [-0.2, 0) is 13.5 Å². The molecule has 126 valence electrons. The number of aromatic nitrogens is 3. The molecule has 3 aromatic rings. The van der Waals surface area contributed by atoms with Crippen LogP contribution in [0.4, 0.5) is 0 Å². The van der Waals surface area contributed by atoms with E-state index in [1.54, 1.807) is 34.4 Å². The number of amidine groups is 1. The van der Waals surface area contributed by atoms with Crippen LogP contribution in [0.2, 0.25) is 0 Å². The van der Waals surface area contributed by atoms with Gasteiger partial charge in [0.2, 0.25) is 0 Å². The lowest BCUT2D eigenvalue weighted by molar-refractivity contribution is 0.698. The molecule has 3 N–H and O–H groups in total. The van der Waals surface area contributed by atoms with Crippen molar-refractivity contribution in [1.82, 2.24) is 14.8 Å². The summed E-state index contributed by atoms with van der Waals surface area (Å²) in [5, 5.41) is 15.1. The number of rotatable bonds is 6. The SMILES string of the molecule is CCCc1c(-c2csc(-c3cc(C(=N)N)sc3SC)n2)cnn1C. The molecule has 0 amide bonds. The van der Waals surface area contributed by atoms with Crippen LogP contribution < -0.4 is 5.73 Å². The van der Waals surface area contributed by atoms with Crippen LogP contribution in [0.1, 0.15) is 23.9 Å². The van der Waals surface area contributed by atoms with Gasteiger partial charge in [0.1, 0.15) is 10.8 Å². The maximum atomic E-state index is 7.65. The quantitative estimate of drug-likeness (QED) is 0.383. The Morgan fingerprint density at radius 3 is 2.88 bits per heavy atom. The summed E-state index contributed by atoms with van der Waals surface area (Å²) in [6, 6.07) is 1.97. The second kappa shape index (κ2) is 7.08. The molecule has 0 atom stereocenters. The van der Waals surface area contributed by atoms with E-state index in [2.05, 4.69) is 17.4 Å². The van der Waals surface area contributed by atoms with Crippen molar-refractivity contribution in [2.45, 2.75) is 24.0 Å². The number of nitrogens with zero attached hydrogens (tertiary/aromatic N) is 3. The number of thiazole rings is 1. The summed E-state index contributed by atoms with van der Waals surface area (Å²) in [5.41, 5.74) is 9.99. The van der Waals surface area contributed by atoms with Crippen molar-refractivity contribution < 1.29 is 0 Å². The van der Waals surface area contributed by atoms with Crippen molar-refractivity contribution in [2.24, 2.45) is 12.8 Å². The van der Waals surface area contributed by atoms with E-state index in [0.29, 0.717) is 0 Å². The van der Waals surface area contributed by atoms with Gasteiger partial charge in [-0.2, -0.15) is 5.10 Å². The lowest BCUT2D eigenvalue weighted by atomic mass is 10.1. The number of hydrogen-bond donors (Lipinski definition) is 2. The predicted octanol–water partition coefficient (Wildman–Crippen LogP) is 4.23. The third-order valence-electron chi connectivity index (χ3n) is 3.71. The molecule has 0 saturated heterocycles. The van der Waals surface area contributed by atoms with Crippen molar-refractivity contribution >= 4 is 40.3 Å². The Balaban J connectivity index is 2.01. The summed E-state index contributed by atoms with van der Waals surface area (Å²) in [7, 11) is 1.98. The number of thioether (sulfide) groups is 1. The zero-order valence-electron chi connectivity index (χ0n) is 13.8. The standard InChI is InChI=1S/C16H19N5S3/c1-4-5-12-10(7-19-21(12)2)11-8-23-15(20-11)9-6-13(14(17)18)24-16(9)22-3/h6-8H,4-5H2,1-3H3,(H3,17,18). The molecule has 0 aliphatic rings. The average molecular weight is 378 g/mol. The van der Waals surface area contributed by atoms with Crippen molar-refractivity contribution in [3.63, 3.8) is 0 Å². The molecule has 8 heteroatoms. The van der Waals surface area contributed by atoms with Gasteiger partial charge in [0.05, 0.1) is 21.0 Å². The van der Waals surface area contributed by atoms with E-state index < -0.39 is 0 Å². The van der Waals surface area contributed by atoms with E-state index in [9.17, 15) is 0 Å². The topological polar surface area (TPSA) is 80.6 Å². The molecule has 5 nitrogen and oxygen atoms in total. The van der Waals surface area contributed by atoms with E-state index in [4.69, 9.17) is 16.1 Å². The minimum Gasteiger partial charge on any atom is -0.383 e. The highest BCUT2D eigenvalue weighted by molar-refractivity contribution is 8.00. The molecule has 0 unspecified atom stereocenters. The highest BCUT2D eigenvalue weighted by Gasteiger charge is 2.18. The number of nitrogens with one attached hydrogen (secondary N) is 1. The third-order valence-corrected chi connectivity index (χ3v) is 6.89. The maximum Gasteiger partial charge on any atom is 0.133 e. The monoisotopic (exact) mass is 377 g/mol. The first kappa shape index (κ1) is 17.2. The van der Waals surface area contributed by atoms with Crippen LogP contribution in [0.5, 0.6) is 0 Å². The number of nitrogen functional groups attached to an aromatic ring is 1. The second-order valence-corrected chi connectivity index (χ2v) is 8.33. The van der Waals surface area contributed by atoms with E-state index >= 15 is 0 Å². The summed E-state index contributed by atoms with van der Waals surface area (Å²) >= 11 is 4.83. The molecule has 0 fully saturated rings. The van der Waals surface area contributed by atoms with Crippen molar-refractivity contribution in [2.75, 3.05) is 6.26 Å². The van der Waals surface area contributed by atoms with Gasteiger partial charge in [-0.1, -0.05) is 13.3 Å². The van der Waals surface area contributed by atoms with Gasteiger partial charge < -0.3 is 5.73 Å². The van der Waals surface area contributed by atoms with Gasteiger partial charge in [-0.15, -0.1) is 34.4 Å². The lowest BCUT2D eigenvalue weighted by Gasteiger charge is -2.02. The lowest BCUT2D eigenvalue weighted by Crippen LogP contribution is -2.08. The Hall–Kier alpha value is -1.64. The summed E-state index contributed by atoms with van der Waals surface area (Å²) in [6.07, 6.45) is 6.00. The fourth-order valence-corrected chi connectivity index (χ4v) is 5.24. The smallest absolute Gasteiger partial charge is 0.133 e. The Morgan fingerprint density at radius 1 is 1.42 bits per heavy atom. The Kier molecular flexibility index (Phi) is 5.07. The number of hydrogen-bond acceptors (Lipinski definition) is 6. The van der Waals surface area contributed by atoms with Crippen molar-refractivity contribution in [1.29, 1.82) is 5.41 Å².